The Morgan fingerprint density at radius 3 is 2.65 bits per heavy atom. The molecule has 0 atom stereocenters. The molecule has 7 nitrogen and oxygen atoms in total. The Morgan fingerprint density at radius 1 is 1.26 bits per heavy atom. The third-order valence-electron chi connectivity index (χ3n) is 4.79. The number of aromatic nitrogens is 3. The largest absolute Gasteiger partial charge is 0.494 e. The van der Waals surface area contributed by atoms with Gasteiger partial charge in [0.25, 0.3) is 0 Å². The Balaban J connectivity index is 1.65. The summed E-state index contributed by atoms with van der Waals surface area (Å²) in [5, 5.41) is 7.10. The topological polar surface area (TPSA) is 72.4 Å². The van der Waals surface area contributed by atoms with E-state index in [2.05, 4.69) is 10.2 Å². The van der Waals surface area contributed by atoms with E-state index in [0.29, 0.717) is 35.9 Å². The molecule has 0 radical (unpaired) electrons. The third-order valence-corrected chi connectivity index (χ3v) is 5.10. The number of aromatic amines is 1. The van der Waals surface area contributed by atoms with Gasteiger partial charge in [0.05, 0.1) is 13.7 Å². The lowest BCUT2D eigenvalue weighted by Gasteiger charge is -2.18. The number of nitrogens with zero attached hydrogens (tertiary/aromatic N) is 3. The second-order valence-corrected chi connectivity index (χ2v) is 7.32. The van der Waals surface area contributed by atoms with Crippen LogP contribution in [0.1, 0.15) is 18.9 Å². The van der Waals surface area contributed by atoms with Crippen LogP contribution in [0, 0.1) is 10.6 Å². The fourth-order valence-corrected chi connectivity index (χ4v) is 3.40. The average molecular weight is 445 g/mol. The summed E-state index contributed by atoms with van der Waals surface area (Å²) in [5.41, 5.74) is 1.55. The molecule has 0 unspecified atom stereocenters. The average Bonchev–Trinajstić information content (AvgIpc) is 3.13. The summed E-state index contributed by atoms with van der Waals surface area (Å²) in [6, 6.07) is 12.2. The second kappa shape index (κ2) is 10.2. The molecule has 2 aromatic carbocycles. The lowest BCUT2D eigenvalue weighted by molar-refractivity contribution is -0.130. The first kappa shape index (κ1) is 22.5. The predicted molar refractivity (Wildman–Crippen MR) is 118 cm³/mol. The van der Waals surface area contributed by atoms with E-state index >= 15 is 0 Å². The normalized spacial score (nSPS) is 10.7. The molecule has 0 fully saturated rings. The molecule has 0 saturated heterocycles. The van der Waals surface area contributed by atoms with Crippen molar-refractivity contribution >= 4 is 18.1 Å². The molecule has 0 saturated carbocycles. The highest BCUT2D eigenvalue weighted by molar-refractivity contribution is 7.71. The molecule has 31 heavy (non-hydrogen) atoms. The second-order valence-electron chi connectivity index (χ2n) is 6.93. The van der Waals surface area contributed by atoms with E-state index in [9.17, 15) is 9.18 Å². The molecule has 164 valence electrons. The van der Waals surface area contributed by atoms with Crippen LogP contribution in [-0.4, -0.2) is 46.3 Å². The van der Waals surface area contributed by atoms with E-state index < -0.39 is 5.82 Å². The number of carbonyl (C=O) groups excluding carboxylic acids is 1. The SMILES string of the molecule is CCOc1ccc(-c2n[nH]c(=S)n2CCC(=O)N(C)Cc2ccc(OC)c(F)c2)cc1. The molecule has 1 aromatic heterocycles. The number of amides is 1. The maximum atomic E-state index is 13.9. The van der Waals surface area contributed by atoms with Crippen molar-refractivity contribution in [2.45, 2.75) is 26.4 Å². The summed E-state index contributed by atoms with van der Waals surface area (Å²) in [6.45, 7) is 3.19. The van der Waals surface area contributed by atoms with Gasteiger partial charge in [-0.3, -0.25) is 14.5 Å². The van der Waals surface area contributed by atoms with Gasteiger partial charge in [-0.25, -0.2) is 4.39 Å². The van der Waals surface area contributed by atoms with Gasteiger partial charge in [-0.15, -0.1) is 0 Å². The van der Waals surface area contributed by atoms with Crippen LogP contribution in [0.25, 0.3) is 11.4 Å². The maximum absolute atomic E-state index is 13.9. The van der Waals surface area contributed by atoms with Crippen molar-refractivity contribution in [2.75, 3.05) is 20.8 Å². The summed E-state index contributed by atoms with van der Waals surface area (Å²) in [6.07, 6.45) is 0.229. The summed E-state index contributed by atoms with van der Waals surface area (Å²) >= 11 is 5.34. The van der Waals surface area contributed by atoms with Crippen molar-refractivity contribution in [2.24, 2.45) is 0 Å². The van der Waals surface area contributed by atoms with Crippen molar-refractivity contribution in [3.8, 4) is 22.9 Å². The van der Waals surface area contributed by atoms with E-state index in [0.717, 1.165) is 11.3 Å². The Kier molecular flexibility index (Phi) is 7.41. The Morgan fingerprint density at radius 2 is 2.00 bits per heavy atom. The minimum atomic E-state index is -0.453. The van der Waals surface area contributed by atoms with Crippen LogP contribution in [0.2, 0.25) is 0 Å². The predicted octanol–water partition coefficient (Wildman–Crippen LogP) is 4.20. The Labute approximate surface area is 185 Å². The van der Waals surface area contributed by atoms with Gasteiger partial charge >= 0.3 is 0 Å². The first-order chi connectivity index (χ1) is 14.9. The fourth-order valence-electron chi connectivity index (χ4n) is 3.18. The molecule has 3 aromatic rings. The van der Waals surface area contributed by atoms with Crippen LogP contribution in [0.4, 0.5) is 4.39 Å². The molecule has 3 rings (SSSR count). The minimum Gasteiger partial charge on any atom is -0.494 e. The van der Waals surface area contributed by atoms with Gasteiger partial charge in [-0.1, -0.05) is 6.07 Å². The molecule has 1 N–H and O–H groups in total. The Hall–Kier alpha value is -3.20. The van der Waals surface area contributed by atoms with Gasteiger partial charge in [0.15, 0.2) is 22.2 Å². The molecule has 0 spiro atoms. The minimum absolute atomic E-state index is 0.0861. The molecule has 0 bridgehead atoms. The number of nitrogens with one attached hydrogen (secondary N) is 1. The first-order valence-electron chi connectivity index (χ1n) is 9.87. The van der Waals surface area contributed by atoms with Crippen LogP contribution < -0.4 is 9.47 Å². The van der Waals surface area contributed by atoms with Crippen LogP contribution in [0.3, 0.4) is 0 Å². The third kappa shape index (κ3) is 5.49. The van der Waals surface area contributed by atoms with E-state index in [1.807, 2.05) is 31.2 Å². The van der Waals surface area contributed by atoms with Gasteiger partial charge in [-0.05, 0) is 61.1 Å². The zero-order valence-electron chi connectivity index (χ0n) is 17.7. The number of carbonyl (C=O) groups is 1. The lowest BCUT2D eigenvalue weighted by Crippen LogP contribution is -2.27. The first-order valence-corrected chi connectivity index (χ1v) is 10.3. The van der Waals surface area contributed by atoms with Crippen LogP contribution in [0.15, 0.2) is 42.5 Å². The van der Waals surface area contributed by atoms with Gasteiger partial charge in [0.1, 0.15) is 5.75 Å². The zero-order chi connectivity index (χ0) is 22.4. The monoisotopic (exact) mass is 444 g/mol. The smallest absolute Gasteiger partial charge is 0.224 e. The standard InChI is InChI=1S/C22H25FN4O3S/c1-4-30-17-8-6-16(7-9-17)21-24-25-22(31)27(21)12-11-20(28)26(2)14-15-5-10-19(29-3)18(23)13-15/h5-10,13H,4,11-12,14H2,1-3H3,(H,25,31). The highest BCUT2D eigenvalue weighted by Crippen LogP contribution is 2.22. The van der Waals surface area contributed by atoms with Crippen LogP contribution >= 0.6 is 12.2 Å². The van der Waals surface area contributed by atoms with Crippen LogP contribution in [0.5, 0.6) is 11.5 Å². The summed E-state index contributed by atoms with van der Waals surface area (Å²) < 4.78 is 26.5. The van der Waals surface area contributed by atoms with E-state index in [4.69, 9.17) is 21.7 Å². The molecule has 1 amide bonds. The number of H-pyrrole nitrogens is 1. The molecule has 1 heterocycles. The molecule has 0 aliphatic carbocycles. The van der Waals surface area contributed by atoms with Crippen molar-refractivity contribution in [3.05, 3.63) is 58.6 Å². The van der Waals surface area contributed by atoms with Crippen molar-refractivity contribution in [3.63, 3.8) is 0 Å². The highest BCUT2D eigenvalue weighted by Gasteiger charge is 2.14. The fraction of sp³-hybridized carbons (Fsp3) is 0.318. The molecular weight excluding hydrogens is 419 g/mol. The Bertz CT molecular complexity index is 1090. The molecule has 0 aliphatic rings. The molecule has 0 aliphatic heterocycles. The number of hydrogen-bond acceptors (Lipinski definition) is 5. The number of hydrogen-bond donors (Lipinski definition) is 1. The number of halogens is 1. The van der Waals surface area contributed by atoms with Gasteiger partial charge in [0, 0.05) is 32.1 Å². The van der Waals surface area contributed by atoms with E-state index in [-0.39, 0.29) is 18.1 Å². The van der Waals surface area contributed by atoms with Gasteiger partial charge in [0.2, 0.25) is 5.91 Å². The number of benzene rings is 2. The highest BCUT2D eigenvalue weighted by atomic mass is 32.1. The number of ether oxygens (including phenoxy) is 2. The van der Waals surface area contributed by atoms with E-state index in [1.54, 1.807) is 28.6 Å². The summed E-state index contributed by atoms with van der Waals surface area (Å²) in [4.78, 5) is 14.2. The van der Waals surface area contributed by atoms with Gasteiger partial charge in [-0.2, -0.15) is 5.10 Å². The van der Waals surface area contributed by atoms with Crippen LogP contribution in [-0.2, 0) is 17.9 Å². The van der Waals surface area contributed by atoms with Crippen molar-refractivity contribution in [1.82, 2.24) is 19.7 Å². The van der Waals surface area contributed by atoms with Crippen molar-refractivity contribution < 1.29 is 18.7 Å². The van der Waals surface area contributed by atoms with Gasteiger partial charge < -0.3 is 14.4 Å². The molecule has 9 heteroatoms. The maximum Gasteiger partial charge on any atom is 0.224 e. The quantitative estimate of drug-likeness (QED) is 0.501. The summed E-state index contributed by atoms with van der Waals surface area (Å²) in [7, 11) is 3.10. The zero-order valence-corrected chi connectivity index (χ0v) is 18.5. The number of methoxy groups -OCH3 is 1. The van der Waals surface area contributed by atoms with E-state index in [1.165, 1.54) is 13.2 Å². The lowest BCUT2D eigenvalue weighted by atomic mass is 10.2. The summed E-state index contributed by atoms with van der Waals surface area (Å²) in [5.74, 6) is 1.07. The van der Waals surface area contributed by atoms with Crippen molar-refractivity contribution in [1.29, 1.82) is 0 Å². The number of rotatable bonds is 9. The molecular formula is C22H25FN4O3S.